The number of carbonyl (C=O) groups excluding carboxylic acids is 1. The highest BCUT2D eigenvalue weighted by molar-refractivity contribution is 5.76. The highest BCUT2D eigenvalue weighted by Crippen LogP contribution is 2.09. The maximum absolute atomic E-state index is 11.8. The normalized spacial score (nSPS) is 17.5. The maximum Gasteiger partial charge on any atom is 0.221 e. The lowest BCUT2D eigenvalue weighted by Crippen LogP contribution is -2.32. The van der Waals surface area contributed by atoms with Gasteiger partial charge in [-0.2, -0.15) is 5.10 Å². The molecule has 1 aromatic heterocycles. The van der Waals surface area contributed by atoms with Crippen molar-refractivity contribution in [1.82, 2.24) is 20.4 Å². The van der Waals surface area contributed by atoms with Crippen LogP contribution in [0.3, 0.4) is 0 Å². The number of nitrogens with zero attached hydrogens (tertiary/aromatic N) is 2. The third-order valence-corrected chi connectivity index (χ3v) is 3.99. The van der Waals surface area contributed by atoms with Gasteiger partial charge in [0.15, 0.2) is 0 Å². The van der Waals surface area contributed by atoms with E-state index < -0.39 is 0 Å². The highest BCUT2D eigenvalue weighted by atomic mass is 16.1. The first-order chi connectivity index (χ1) is 10.8. The van der Waals surface area contributed by atoms with Crippen LogP contribution in [0.2, 0.25) is 0 Å². The second-order valence-corrected chi connectivity index (χ2v) is 5.73. The Balaban J connectivity index is 1.44. The third-order valence-electron chi connectivity index (χ3n) is 3.99. The largest absolute Gasteiger partial charge is 0.356 e. The van der Waals surface area contributed by atoms with E-state index in [1.165, 1.54) is 6.42 Å². The Labute approximate surface area is 130 Å². The molecule has 5 heteroatoms. The van der Waals surface area contributed by atoms with Crippen molar-refractivity contribution < 1.29 is 4.79 Å². The van der Waals surface area contributed by atoms with E-state index in [4.69, 9.17) is 0 Å². The van der Waals surface area contributed by atoms with Crippen LogP contribution in [0.4, 0.5) is 0 Å². The molecule has 2 aromatic rings. The van der Waals surface area contributed by atoms with E-state index >= 15 is 0 Å². The van der Waals surface area contributed by atoms with Crippen LogP contribution in [-0.2, 0) is 11.2 Å². The molecule has 1 aliphatic heterocycles. The summed E-state index contributed by atoms with van der Waals surface area (Å²) in [6.45, 7) is 1.70. The highest BCUT2D eigenvalue weighted by Gasteiger charge is 2.17. The molecule has 0 spiro atoms. The fourth-order valence-electron chi connectivity index (χ4n) is 2.78. The van der Waals surface area contributed by atoms with E-state index in [9.17, 15) is 4.79 Å². The molecular weight excluding hydrogens is 276 g/mol. The molecule has 22 heavy (non-hydrogen) atoms. The Morgan fingerprint density at radius 2 is 2.23 bits per heavy atom. The molecule has 2 heterocycles. The van der Waals surface area contributed by atoms with E-state index in [0.29, 0.717) is 19.0 Å². The minimum Gasteiger partial charge on any atom is -0.356 e. The molecule has 1 fully saturated rings. The van der Waals surface area contributed by atoms with E-state index in [1.807, 2.05) is 47.4 Å². The standard InChI is InChI=1S/C17H22N4O/c22-17(11-15-5-4-9-18-15)19-10-8-14-12-20-21(13-14)16-6-2-1-3-7-16/h1-3,6-7,12-13,15,18H,4-5,8-11H2,(H,19,22). The van der Waals surface area contributed by atoms with Gasteiger partial charge in [0, 0.05) is 25.2 Å². The quantitative estimate of drug-likeness (QED) is 0.853. The minimum atomic E-state index is 0.134. The summed E-state index contributed by atoms with van der Waals surface area (Å²) in [7, 11) is 0. The first kappa shape index (κ1) is 14.8. The van der Waals surface area contributed by atoms with Gasteiger partial charge in [-0.1, -0.05) is 18.2 Å². The fourth-order valence-corrected chi connectivity index (χ4v) is 2.78. The van der Waals surface area contributed by atoms with E-state index in [1.54, 1.807) is 0 Å². The predicted molar refractivity (Wildman–Crippen MR) is 85.9 cm³/mol. The van der Waals surface area contributed by atoms with E-state index in [-0.39, 0.29) is 5.91 Å². The van der Waals surface area contributed by atoms with Crippen LogP contribution < -0.4 is 10.6 Å². The average Bonchev–Trinajstić information content (AvgIpc) is 3.20. The van der Waals surface area contributed by atoms with Gasteiger partial charge < -0.3 is 10.6 Å². The predicted octanol–water partition coefficient (Wildman–Crippen LogP) is 1.67. The molecule has 0 aliphatic carbocycles. The molecule has 0 bridgehead atoms. The molecule has 0 radical (unpaired) electrons. The number of carbonyl (C=O) groups is 1. The van der Waals surface area contributed by atoms with Gasteiger partial charge in [0.2, 0.25) is 5.91 Å². The van der Waals surface area contributed by atoms with Gasteiger partial charge >= 0.3 is 0 Å². The number of amides is 1. The van der Waals surface area contributed by atoms with Crippen molar-refractivity contribution in [3.63, 3.8) is 0 Å². The number of benzene rings is 1. The first-order valence-corrected chi connectivity index (χ1v) is 7.90. The monoisotopic (exact) mass is 298 g/mol. The number of aromatic nitrogens is 2. The molecule has 2 N–H and O–H groups in total. The molecule has 116 valence electrons. The molecule has 1 unspecified atom stereocenters. The Morgan fingerprint density at radius 1 is 1.36 bits per heavy atom. The Morgan fingerprint density at radius 3 is 3.00 bits per heavy atom. The summed E-state index contributed by atoms with van der Waals surface area (Å²) in [4.78, 5) is 11.8. The number of rotatable bonds is 6. The van der Waals surface area contributed by atoms with E-state index in [2.05, 4.69) is 15.7 Å². The molecule has 1 amide bonds. The van der Waals surface area contributed by atoms with Crippen molar-refractivity contribution >= 4 is 5.91 Å². The summed E-state index contributed by atoms with van der Waals surface area (Å²) in [5.41, 5.74) is 2.17. The lowest BCUT2D eigenvalue weighted by atomic mass is 10.1. The number of hydrogen-bond donors (Lipinski definition) is 2. The van der Waals surface area contributed by atoms with Crippen molar-refractivity contribution in [1.29, 1.82) is 0 Å². The summed E-state index contributed by atoms with van der Waals surface area (Å²) in [6, 6.07) is 10.4. The van der Waals surface area contributed by atoms with Crippen LogP contribution in [-0.4, -0.2) is 34.8 Å². The second kappa shape index (κ2) is 7.22. The number of nitrogens with one attached hydrogen (secondary N) is 2. The second-order valence-electron chi connectivity index (χ2n) is 5.73. The van der Waals surface area contributed by atoms with Gasteiger partial charge in [0.1, 0.15) is 0 Å². The lowest BCUT2D eigenvalue weighted by Gasteiger charge is -2.09. The van der Waals surface area contributed by atoms with Crippen LogP contribution in [0.1, 0.15) is 24.8 Å². The Bertz CT molecular complexity index is 602. The van der Waals surface area contributed by atoms with Crippen molar-refractivity contribution in [3.05, 3.63) is 48.3 Å². The van der Waals surface area contributed by atoms with Crippen LogP contribution in [0.25, 0.3) is 5.69 Å². The zero-order valence-electron chi connectivity index (χ0n) is 12.7. The topological polar surface area (TPSA) is 59.0 Å². The molecule has 3 rings (SSSR count). The summed E-state index contributed by atoms with van der Waals surface area (Å²) in [5.74, 6) is 0.134. The van der Waals surface area contributed by atoms with Crippen LogP contribution >= 0.6 is 0 Å². The van der Waals surface area contributed by atoms with Gasteiger partial charge in [0.05, 0.1) is 11.9 Å². The van der Waals surface area contributed by atoms with Gasteiger partial charge in [-0.3, -0.25) is 4.79 Å². The summed E-state index contributed by atoms with van der Waals surface area (Å²) >= 11 is 0. The minimum absolute atomic E-state index is 0.134. The van der Waals surface area contributed by atoms with Gasteiger partial charge in [-0.25, -0.2) is 4.68 Å². The molecule has 1 saturated heterocycles. The van der Waals surface area contributed by atoms with Crippen molar-refractivity contribution in [3.8, 4) is 5.69 Å². The summed E-state index contributed by atoms with van der Waals surface area (Å²) < 4.78 is 1.86. The molecule has 1 aliphatic rings. The van der Waals surface area contributed by atoms with Crippen LogP contribution in [0, 0.1) is 0 Å². The Kier molecular flexibility index (Phi) is 4.85. The van der Waals surface area contributed by atoms with Crippen LogP contribution in [0.15, 0.2) is 42.7 Å². The van der Waals surface area contributed by atoms with Crippen molar-refractivity contribution in [2.45, 2.75) is 31.7 Å². The summed E-state index contributed by atoms with van der Waals surface area (Å²) in [5, 5.41) is 10.7. The number of para-hydroxylation sites is 1. The molecule has 1 aromatic carbocycles. The first-order valence-electron chi connectivity index (χ1n) is 7.90. The fraction of sp³-hybridized carbons (Fsp3) is 0.412. The van der Waals surface area contributed by atoms with Crippen LogP contribution in [0.5, 0.6) is 0 Å². The zero-order valence-corrected chi connectivity index (χ0v) is 12.7. The average molecular weight is 298 g/mol. The smallest absolute Gasteiger partial charge is 0.221 e. The molecule has 1 atom stereocenters. The SMILES string of the molecule is O=C(CC1CCCN1)NCCc1cnn(-c2ccccc2)c1. The zero-order chi connectivity index (χ0) is 15.2. The third kappa shape index (κ3) is 3.95. The molecule has 0 saturated carbocycles. The van der Waals surface area contributed by atoms with Crippen molar-refractivity contribution in [2.24, 2.45) is 0 Å². The van der Waals surface area contributed by atoms with E-state index in [0.717, 1.165) is 30.6 Å². The van der Waals surface area contributed by atoms with Crippen molar-refractivity contribution in [2.75, 3.05) is 13.1 Å². The van der Waals surface area contributed by atoms with Gasteiger partial charge in [-0.05, 0) is 43.5 Å². The maximum atomic E-state index is 11.8. The molecular formula is C17H22N4O. The van der Waals surface area contributed by atoms with Gasteiger partial charge in [0.25, 0.3) is 0 Å². The lowest BCUT2D eigenvalue weighted by molar-refractivity contribution is -0.121. The molecule has 5 nitrogen and oxygen atoms in total. The number of hydrogen-bond acceptors (Lipinski definition) is 3. The Hall–Kier alpha value is -2.14. The van der Waals surface area contributed by atoms with Gasteiger partial charge in [-0.15, -0.1) is 0 Å². The summed E-state index contributed by atoms with van der Waals surface area (Å²) in [6.07, 6.45) is 7.55.